The summed E-state index contributed by atoms with van der Waals surface area (Å²) in [5.74, 6) is -0.528. The van der Waals surface area contributed by atoms with E-state index in [4.69, 9.17) is 15.2 Å². The standard InChI is InChI=1S/C6H13NO2/c1-5(7)6(2)8-3-4-9-6/h5H,3-4,7H2,1-2H3/t5-/m0/s1. The Morgan fingerprint density at radius 1 is 1.44 bits per heavy atom. The Kier molecular flexibility index (Phi) is 1.75. The second-order valence-electron chi connectivity index (χ2n) is 2.50. The topological polar surface area (TPSA) is 44.5 Å². The number of ether oxygens (including phenoxy) is 2. The van der Waals surface area contributed by atoms with Crippen LogP contribution >= 0.6 is 0 Å². The number of hydrogen-bond donors (Lipinski definition) is 1. The average molecular weight is 131 g/mol. The molecular formula is C6H13NO2. The van der Waals surface area contributed by atoms with E-state index in [2.05, 4.69) is 0 Å². The lowest BCUT2D eigenvalue weighted by Gasteiger charge is -2.25. The minimum absolute atomic E-state index is 0.0556. The third-order valence-electron chi connectivity index (χ3n) is 1.69. The van der Waals surface area contributed by atoms with Crippen LogP contribution in [0.2, 0.25) is 0 Å². The largest absolute Gasteiger partial charge is 0.346 e. The molecule has 0 bridgehead atoms. The summed E-state index contributed by atoms with van der Waals surface area (Å²) in [5, 5.41) is 0. The van der Waals surface area contributed by atoms with Crippen molar-refractivity contribution in [3.8, 4) is 0 Å². The maximum Gasteiger partial charge on any atom is 0.180 e. The van der Waals surface area contributed by atoms with Gasteiger partial charge in [-0.25, -0.2) is 0 Å². The summed E-state index contributed by atoms with van der Waals surface area (Å²) in [5.41, 5.74) is 5.58. The summed E-state index contributed by atoms with van der Waals surface area (Å²) < 4.78 is 10.5. The van der Waals surface area contributed by atoms with Crippen molar-refractivity contribution < 1.29 is 9.47 Å². The zero-order chi connectivity index (χ0) is 6.91. The summed E-state index contributed by atoms with van der Waals surface area (Å²) in [7, 11) is 0. The van der Waals surface area contributed by atoms with Crippen LogP contribution in [0.15, 0.2) is 0 Å². The molecule has 3 heteroatoms. The van der Waals surface area contributed by atoms with Crippen molar-refractivity contribution in [2.75, 3.05) is 13.2 Å². The molecule has 0 radical (unpaired) electrons. The van der Waals surface area contributed by atoms with Crippen molar-refractivity contribution in [3.05, 3.63) is 0 Å². The monoisotopic (exact) mass is 131 g/mol. The Morgan fingerprint density at radius 2 is 1.89 bits per heavy atom. The third-order valence-corrected chi connectivity index (χ3v) is 1.69. The molecule has 54 valence electrons. The van der Waals surface area contributed by atoms with Gasteiger partial charge in [0.05, 0.1) is 19.3 Å². The van der Waals surface area contributed by atoms with Crippen LogP contribution in [0.5, 0.6) is 0 Å². The van der Waals surface area contributed by atoms with Gasteiger partial charge in [0.1, 0.15) is 0 Å². The molecule has 1 atom stereocenters. The zero-order valence-corrected chi connectivity index (χ0v) is 5.89. The third kappa shape index (κ3) is 1.23. The van der Waals surface area contributed by atoms with Gasteiger partial charge in [-0.15, -0.1) is 0 Å². The van der Waals surface area contributed by atoms with E-state index in [-0.39, 0.29) is 6.04 Å². The van der Waals surface area contributed by atoms with Crippen molar-refractivity contribution >= 4 is 0 Å². The van der Waals surface area contributed by atoms with E-state index in [0.29, 0.717) is 13.2 Å². The van der Waals surface area contributed by atoms with Crippen molar-refractivity contribution in [1.29, 1.82) is 0 Å². The molecule has 0 unspecified atom stereocenters. The molecule has 0 saturated carbocycles. The molecule has 1 rings (SSSR count). The second-order valence-corrected chi connectivity index (χ2v) is 2.50. The molecule has 0 aromatic carbocycles. The first kappa shape index (κ1) is 6.99. The zero-order valence-electron chi connectivity index (χ0n) is 5.89. The molecule has 9 heavy (non-hydrogen) atoms. The van der Waals surface area contributed by atoms with E-state index in [9.17, 15) is 0 Å². The van der Waals surface area contributed by atoms with Crippen LogP contribution < -0.4 is 5.73 Å². The van der Waals surface area contributed by atoms with Gasteiger partial charge in [-0.3, -0.25) is 0 Å². The van der Waals surface area contributed by atoms with Gasteiger partial charge in [0.2, 0.25) is 0 Å². The van der Waals surface area contributed by atoms with E-state index < -0.39 is 5.79 Å². The minimum Gasteiger partial charge on any atom is -0.346 e. The molecule has 0 amide bonds. The lowest BCUT2D eigenvalue weighted by molar-refractivity contribution is -0.154. The van der Waals surface area contributed by atoms with Crippen LogP contribution in [0.4, 0.5) is 0 Å². The Bertz CT molecular complexity index is 97.2. The van der Waals surface area contributed by atoms with Gasteiger partial charge in [0.15, 0.2) is 5.79 Å². The lowest BCUT2D eigenvalue weighted by atomic mass is 10.2. The Hall–Kier alpha value is -0.120. The van der Waals surface area contributed by atoms with Gasteiger partial charge >= 0.3 is 0 Å². The van der Waals surface area contributed by atoms with Gasteiger partial charge < -0.3 is 15.2 Å². The van der Waals surface area contributed by atoms with Crippen LogP contribution in [-0.2, 0) is 9.47 Å². The smallest absolute Gasteiger partial charge is 0.180 e. The van der Waals surface area contributed by atoms with E-state index in [1.807, 2.05) is 13.8 Å². The highest BCUT2D eigenvalue weighted by molar-refractivity contribution is 4.77. The van der Waals surface area contributed by atoms with E-state index >= 15 is 0 Å². The second kappa shape index (κ2) is 2.25. The molecule has 1 saturated heterocycles. The van der Waals surface area contributed by atoms with Gasteiger partial charge in [-0.2, -0.15) is 0 Å². The highest BCUT2D eigenvalue weighted by Crippen LogP contribution is 2.20. The van der Waals surface area contributed by atoms with Crippen molar-refractivity contribution in [3.63, 3.8) is 0 Å². The van der Waals surface area contributed by atoms with Crippen LogP contribution in [0, 0.1) is 0 Å². The fourth-order valence-electron chi connectivity index (χ4n) is 0.793. The number of nitrogens with two attached hydrogens (primary N) is 1. The quantitative estimate of drug-likeness (QED) is 0.548. The Balaban J connectivity index is 2.51. The summed E-state index contributed by atoms with van der Waals surface area (Å²) in [6, 6.07) is -0.0556. The predicted molar refractivity (Wildman–Crippen MR) is 34.0 cm³/mol. The van der Waals surface area contributed by atoms with Crippen molar-refractivity contribution in [2.24, 2.45) is 5.73 Å². The minimum atomic E-state index is -0.528. The first-order valence-corrected chi connectivity index (χ1v) is 3.18. The maximum absolute atomic E-state index is 5.58. The van der Waals surface area contributed by atoms with Crippen LogP contribution in [0.3, 0.4) is 0 Å². The Labute approximate surface area is 55.1 Å². The predicted octanol–water partition coefficient (Wildman–Crippen LogP) is 0.0966. The van der Waals surface area contributed by atoms with Crippen LogP contribution in [-0.4, -0.2) is 25.0 Å². The van der Waals surface area contributed by atoms with E-state index in [1.54, 1.807) is 0 Å². The molecule has 1 heterocycles. The summed E-state index contributed by atoms with van der Waals surface area (Å²) in [6.45, 7) is 5.08. The summed E-state index contributed by atoms with van der Waals surface area (Å²) in [4.78, 5) is 0. The molecule has 0 spiro atoms. The van der Waals surface area contributed by atoms with E-state index in [1.165, 1.54) is 0 Å². The first-order valence-electron chi connectivity index (χ1n) is 3.18. The fourth-order valence-corrected chi connectivity index (χ4v) is 0.793. The maximum atomic E-state index is 5.58. The number of hydrogen-bond acceptors (Lipinski definition) is 3. The normalized spacial score (nSPS) is 28.3. The van der Waals surface area contributed by atoms with Gasteiger partial charge in [-0.05, 0) is 13.8 Å². The summed E-state index contributed by atoms with van der Waals surface area (Å²) >= 11 is 0. The molecule has 3 nitrogen and oxygen atoms in total. The van der Waals surface area contributed by atoms with Crippen molar-refractivity contribution in [1.82, 2.24) is 0 Å². The molecule has 1 fully saturated rings. The summed E-state index contributed by atoms with van der Waals surface area (Å²) in [6.07, 6.45) is 0. The highest BCUT2D eigenvalue weighted by Gasteiger charge is 2.34. The average Bonchev–Trinajstić information content (AvgIpc) is 2.16. The van der Waals surface area contributed by atoms with Crippen LogP contribution in [0.1, 0.15) is 13.8 Å². The molecule has 0 aromatic rings. The highest BCUT2D eigenvalue weighted by atomic mass is 16.7. The van der Waals surface area contributed by atoms with Crippen molar-refractivity contribution in [2.45, 2.75) is 25.7 Å². The van der Waals surface area contributed by atoms with Gasteiger partial charge in [-0.1, -0.05) is 0 Å². The first-order chi connectivity index (χ1) is 4.15. The van der Waals surface area contributed by atoms with Gasteiger partial charge in [0.25, 0.3) is 0 Å². The molecule has 1 aliphatic heterocycles. The van der Waals surface area contributed by atoms with Gasteiger partial charge in [0, 0.05) is 0 Å². The molecule has 0 aromatic heterocycles. The Morgan fingerprint density at radius 3 is 2.11 bits per heavy atom. The fraction of sp³-hybridized carbons (Fsp3) is 1.00. The molecular weight excluding hydrogens is 118 g/mol. The molecule has 0 aliphatic carbocycles. The SMILES string of the molecule is C[C@H](N)C1(C)OCCO1. The lowest BCUT2D eigenvalue weighted by Crippen LogP contribution is -2.44. The van der Waals surface area contributed by atoms with E-state index in [0.717, 1.165) is 0 Å². The number of rotatable bonds is 1. The molecule has 1 aliphatic rings. The molecule has 2 N–H and O–H groups in total. The van der Waals surface area contributed by atoms with Crippen LogP contribution in [0.25, 0.3) is 0 Å².